The lowest BCUT2D eigenvalue weighted by molar-refractivity contribution is -0.142. The zero-order chi connectivity index (χ0) is 21.6. The summed E-state index contributed by atoms with van der Waals surface area (Å²) in [5, 5.41) is 3.16. The van der Waals surface area contributed by atoms with Crippen molar-refractivity contribution in [3.63, 3.8) is 0 Å². The maximum absolute atomic E-state index is 12.4. The molecular weight excluding hydrogens is 378 g/mol. The molecule has 2 saturated heterocycles. The summed E-state index contributed by atoms with van der Waals surface area (Å²) in [6.07, 6.45) is 2.98. The van der Waals surface area contributed by atoms with E-state index in [0.717, 1.165) is 52.0 Å². The summed E-state index contributed by atoms with van der Waals surface area (Å²) in [5.41, 5.74) is 1.31. The molecule has 1 aromatic carbocycles. The number of hydrogen-bond acceptors (Lipinski definition) is 4. The molecule has 0 unspecified atom stereocenters. The number of carbonyl (C=O) groups is 2. The lowest BCUT2D eigenvalue weighted by Crippen LogP contribution is -2.51. The van der Waals surface area contributed by atoms with Crippen LogP contribution in [0.4, 0.5) is 0 Å². The van der Waals surface area contributed by atoms with Crippen LogP contribution in [-0.2, 0) is 19.7 Å². The highest BCUT2D eigenvalue weighted by Crippen LogP contribution is 2.28. The van der Waals surface area contributed by atoms with Crippen molar-refractivity contribution in [1.82, 2.24) is 15.1 Å². The van der Waals surface area contributed by atoms with E-state index in [1.165, 1.54) is 5.56 Å². The molecule has 1 aromatic rings. The molecular formula is C24H37N3O3. The predicted molar refractivity (Wildman–Crippen MR) is 118 cm³/mol. The van der Waals surface area contributed by atoms with Crippen molar-refractivity contribution in [1.29, 1.82) is 0 Å². The van der Waals surface area contributed by atoms with Crippen LogP contribution in [0.1, 0.15) is 52.0 Å². The first-order valence-corrected chi connectivity index (χ1v) is 11.3. The highest BCUT2D eigenvalue weighted by Gasteiger charge is 2.30. The first-order chi connectivity index (χ1) is 14.3. The highest BCUT2D eigenvalue weighted by atomic mass is 16.5. The molecule has 0 bridgehead atoms. The van der Waals surface area contributed by atoms with Crippen molar-refractivity contribution < 1.29 is 14.3 Å². The van der Waals surface area contributed by atoms with Crippen LogP contribution >= 0.6 is 0 Å². The van der Waals surface area contributed by atoms with Crippen molar-refractivity contribution in [3.05, 3.63) is 35.9 Å². The number of benzene rings is 1. The van der Waals surface area contributed by atoms with Crippen LogP contribution in [0.5, 0.6) is 0 Å². The second kappa shape index (κ2) is 10.4. The molecule has 2 amide bonds. The van der Waals surface area contributed by atoms with Gasteiger partial charge in [0.2, 0.25) is 5.91 Å². The number of amides is 2. The average Bonchev–Trinajstić information content (AvgIpc) is 3.27. The molecule has 0 aromatic heterocycles. The van der Waals surface area contributed by atoms with Gasteiger partial charge >= 0.3 is 0 Å². The van der Waals surface area contributed by atoms with Gasteiger partial charge in [-0.2, -0.15) is 0 Å². The SMILES string of the molecule is C[C@H](CC(C)(C)c1ccccc1)NC(=O)CCN1CCN(C(=O)[C@H]2CCCO2)CC1. The summed E-state index contributed by atoms with van der Waals surface area (Å²) < 4.78 is 5.52. The third-order valence-corrected chi connectivity index (χ3v) is 6.32. The van der Waals surface area contributed by atoms with Gasteiger partial charge in [-0.3, -0.25) is 14.5 Å². The lowest BCUT2D eigenvalue weighted by atomic mass is 9.79. The Labute approximate surface area is 180 Å². The second-order valence-corrected chi connectivity index (χ2v) is 9.34. The summed E-state index contributed by atoms with van der Waals surface area (Å²) in [6, 6.07) is 10.6. The van der Waals surface area contributed by atoms with Crippen LogP contribution < -0.4 is 5.32 Å². The monoisotopic (exact) mass is 415 g/mol. The third-order valence-electron chi connectivity index (χ3n) is 6.32. The summed E-state index contributed by atoms with van der Waals surface area (Å²) >= 11 is 0. The highest BCUT2D eigenvalue weighted by molar-refractivity contribution is 5.81. The van der Waals surface area contributed by atoms with Gasteiger partial charge in [0, 0.05) is 51.8 Å². The van der Waals surface area contributed by atoms with Crippen LogP contribution in [0.25, 0.3) is 0 Å². The average molecular weight is 416 g/mol. The molecule has 2 aliphatic rings. The Balaban J connectivity index is 1.35. The summed E-state index contributed by atoms with van der Waals surface area (Å²) in [4.78, 5) is 29.1. The van der Waals surface area contributed by atoms with E-state index in [0.29, 0.717) is 13.0 Å². The number of ether oxygens (including phenoxy) is 1. The Hall–Kier alpha value is -1.92. The first-order valence-electron chi connectivity index (χ1n) is 11.3. The van der Waals surface area contributed by atoms with Crippen LogP contribution in [0.15, 0.2) is 30.3 Å². The number of rotatable bonds is 8. The minimum atomic E-state index is -0.232. The van der Waals surface area contributed by atoms with Gasteiger partial charge in [-0.15, -0.1) is 0 Å². The fourth-order valence-corrected chi connectivity index (χ4v) is 4.60. The van der Waals surface area contributed by atoms with E-state index in [-0.39, 0.29) is 29.4 Å². The quantitative estimate of drug-likeness (QED) is 0.709. The maximum Gasteiger partial charge on any atom is 0.251 e. The molecule has 6 nitrogen and oxygen atoms in total. The van der Waals surface area contributed by atoms with Crippen molar-refractivity contribution in [3.8, 4) is 0 Å². The second-order valence-electron chi connectivity index (χ2n) is 9.34. The number of hydrogen-bond donors (Lipinski definition) is 1. The maximum atomic E-state index is 12.4. The number of nitrogens with zero attached hydrogens (tertiary/aromatic N) is 2. The minimum absolute atomic E-state index is 0.0137. The van der Waals surface area contributed by atoms with Gasteiger partial charge in [-0.1, -0.05) is 44.2 Å². The smallest absolute Gasteiger partial charge is 0.251 e. The normalized spacial score (nSPS) is 21.4. The molecule has 6 heteroatoms. The van der Waals surface area contributed by atoms with E-state index >= 15 is 0 Å². The van der Waals surface area contributed by atoms with Crippen molar-refractivity contribution in [2.75, 3.05) is 39.3 Å². The molecule has 2 atom stereocenters. The fraction of sp³-hybridized carbons (Fsp3) is 0.667. The van der Waals surface area contributed by atoms with Gasteiger partial charge in [0.25, 0.3) is 5.91 Å². The van der Waals surface area contributed by atoms with Gasteiger partial charge in [-0.05, 0) is 37.2 Å². The first kappa shape index (κ1) is 22.8. The zero-order valence-electron chi connectivity index (χ0n) is 18.7. The Bertz CT molecular complexity index is 693. The molecule has 2 aliphatic heterocycles. The van der Waals surface area contributed by atoms with E-state index in [9.17, 15) is 9.59 Å². The molecule has 2 heterocycles. The molecule has 1 N–H and O–H groups in total. The van der Waals surface area contributed by atoms with E-state index in [1.807, 2.05) is 11.0 Å². The Morgan fingerprint density at radius 3 is 2.50 bits per heavy atom. The van der Waals surface area contributed by atoms with Crippen molar-refractivity contribution in [2.45, 2.75) is 64.0 Å². The molecule has 0 radical (unpaired) electrons. The predicted octanol–water partition coefficient (Wildman–Crippen LogP) is 2.57. The number of piperazine rings is 1. The van der Waals surface area contributed by atoms with Crippen LogP contribution in [0.3, 0.4) is 0 Å². The molecule has 0 aliphatic carbocycles. The molecule has 0 saturated carbocycles. The summed E-state index contributed by atoms with van der Waals surface area (Å²) in [6.45, 7) is 11.1. The lowest BCUT2D eigenvalue weighted by Gasteiger charge is -2.35. The van der Waals surface area contributed by atoms with E-state index in [4.69, 9.17) is 4.74 Å². The Morgan fingerprint density at radius 2 is 1.87 bits per heavy atom. The van der Waals surface area contributed by atoms with E-state index in [2.05, 4.69) is 55.3 Å². The molecule has 3 rings (SSSR count). The van der Waals surface area contributed by atoms with Crippen molar-refractivity contribution >= 4 is 11.8 Å². The van der Waals surface area contributed by atoms with Gasteiger partial charge in [0.15, 0.2) is 0 Å². The van der Waals surface area contributed by atoms with Gasteiger partial charge in [-0.25, -0.2) is 0 Å². The summed E-state index contributed by atoms with van der Waals surface area (Å²) in [5.74, 6) is 0.240. The van der Waals surface area contributed by atoms with Gasteiger partial charge in [0.05, 0.1) is 0 Å². The number of nitrogens with one attached hydrogen (secondary N) is 1. The largest absolute Gasteiger partial charge is 0.368 e. The molecule has 166 valence electrons. The molecule has 0 spiro atoms. The molecule has 2 fully saturated rings. The zero-order valence-corrected chi connectivity index (χ0v) is 18.7. The third kappa shape index (κ3) is 6.29. The standard InChI is InChI=1S/C24H37N3O3/c1-19(18-24(2,3)20-8-5-4-6-9-20)25-22(28)11-12-26-13-15-27(16-14-26)23(29)21-10-7-17-30-21/h4-6,8-9,19,21H,7,10-18H2,1-3H3,(H,25,28)/t19-,21-/m1/s1. The Morgan fingerprint density at radius 1 is 1.17 bits per heavy atom. The topological polar surface area (TPSA) is 61.9 Å². The number of carbonyl (C=O) groups excluding carboxylic acids is 2. The van der Waals surface area contributed by atoms with Crippen LogP contribution in [0, 0.1) is 0 Å². The molecule has 30 heavy (non-hydrogen) atoms. The van der Waals surface area contributed by atoms with E-state index in [1.54, 1.807) is 0 Å². The van der Waals surface area contributed by atoms with E-state index < -0.39 is 0 Å². The van der Waals surface area contributed by atoms with Gasteiger partial charge in [0.1, 0.15) is 6.10 Å². The Kier molecular flexibility index (Phi) is 7.89. The minimum Gasteiger partial charge on any atom is -0.368 e. The van der Waals surface area contributed by atoms with Gasteiger partial charge < -0.3 is 15.0 Å². The summed E-state index contributed by atoms with van der Waals surface area (Å²) in [7, 11) is 0. The van der Waals surface area contributed by atoms with Crippen molar-refractivity contribution in [2.24, 2.45) is 0 Å². The fourth-order valence-electron chi connectivity index (χ4n) is 4.60. The van der Waals surface area contributed by atoms with Crippen LogP contribution in [-0.4, -0.2) is 73.1 Å². The van der Waals surface area contributed by atoms with Crippen LogP contribution in [0.2, 0.25) is 0 Å².